The number of rotatable bonds is 25. The molecule has 0 aromatic heterocycles. The third-order valence-electron chi connectivity index (χ3n) is 15.9. The van der Waals surface area contributed by atoms with Gasteiger partial charge in [0.05, 0.1) is 109 Å². The lowest BCUT2D eigenvalue weighted by molar-refractivity contribution is -0.356. The number of hydrogen-bond acceptors (Lipinski definition) is 26. The first-order chi connectivity index (χ1) is 36.1. The van der Waals surface area contributed by atoms with Gasteiger partial charge in [0.15, 0.2) is 6.10 Å². The van der Waals surface area contributed by atoms with Crippen molar-refractivity contribution in [1.82, 2.24) is 0 Å². The molecule has 1 saturated carbocycles. The molecule has 440 valence electrons. The number of methoxy groups -OCH3 is 1. The van der Waals surface area contributed by atoms with Crippen LogP contribution in [0.2, 0.25) is 0 Å². The summed E-state index contributed by atoms with van der Waals surface area (Å²) in [5.74, 6) is -10.9. The van der Waals surface area contributed by atoms with Gasteiger partial charge in [-0.25, -0.2) is 9.59 Å². The van der Waals surface area contributed by atoms with Crippen LogP contribution in [0, 0.1) is 41.4 Å². The second-order valence-corrected chi connectivity index (χ2v) is 20.9. The van der Waals surface area contributed by atoms with Crippen molar-refractivity contribution in [3.8, 4) is 0 Å². The molecule has 6 fully saturated rings. The van der Waals surface area contributed by atoms with Gasteiger partial charge in [-0.15, -0.1) is 0 Å². The van der Waals surface area contributed by atoms with Gasteiger partial charge in [-0.2, -0.15) is 0 Å². The minimum atomic E-state index is -2.10. The molecule has 6 aliphatic rings. The molecule has 1 aliphatic carbocycles. The standard InChI is InChI=1S/C48H80O28/c1-5-23-28(8-50)72-30(39(56)36(23)53)15-66-10-24-21(7-49)6-22(9-65-4)35(52)25(24)11-67-14-29-26(37(54)41(58)33(73-29)18-70-20(2)51)12-68-17-32-40(57)38(55)27(44(75-32)46(61)62)13-69-16-31-42(59)43(60)45-34(74-31)19-71-48(3,76-45)47(63)64/h21-45,49-50,52-60H,5-19H2,1-4H3,(H,61,62)(H,63,64)/t21?,22-,23+,24+,25+,26?,27-,28-,29+,30-,31-,32-,33?,34?,35?,36?,37-,38+,39?,40?,41+,42?,43-,44?,45+,48?/m0/s1. The normalized spacial score (nSPS) is 45.0. The molecule has 5 heterocycles. The SMILES string of the molecule is CC[C@H]1C(O)C(O)[C@H](COC[C@@H]2C(CO)C[C@@H](COC)C(O)[C@@H]2COC[C@H]2OC(COC(C)=O)[C@@H](O)[C@@H](O)C2COC[C@@H]2OC(C(=O)O)[C@@H](COC[C@@H]3OC4COC(C)(C(=O)O)O[C@H]4[C@@H](O)C3O)[C@@H](O)C2O)O[C@H]1CO. The Hall–Kier alpha value is -2.47. The van der Waals surface area contributed by atoms with Gasteiger partial charge in [0, 0.05) is 57.2 Å². The van der Waals surface area contributed by atoms with Gasteiger partial charge in [-0.05, 0) is 24.7 Å². The third kappa shape index (κ3) is 14.5. The van der Waals surface area contributed by atoms with E-state index in [-0.39, 0.29) is 52.9 Å². The molecule has 11 unspecified atom stereocenters. The van der Waals surface area contributed by atoms with Crippen LogP contribution in [0.5, 0.6) is 0 Å². The van der Waals surface area contributed by atoms with E-state index in [0.717, 1.165) is 13.8 Å². The minimum Gasteiger partial charge on any atom is -0.479 e. The highest BCUT2D eigenvalue weighted by Gasteiger charge is 2.55. The zero-order valence-electron chi connectivity index (χ0n) is 43.0. The Labute approximate surface area is 438 Å². The molecule has 0 spiro atoms. The van der Waals surface area contributed by atoms with E-state index < -0.39 is 208 Å². The largest absolute Gasteiger partial charge is 0.479 e. The van der Waals surface area contributed by atoms with E-state index >= 15 is 0 Å². The summed E-state index contributed by atoms with van der Waals surface area (Å²) in [5.41, 5.74) is 0. The quantitative estimate of drug-likeness (QED) is 0.0379. The molecule has 0 aromatic rings. The number of aliphatic hydroxyl groups is 11. The Morgan fingerprint density at radius 3 is 1.58 bits per heavy atom. The summed E-state index contributed by atoms with van der Waals surface area (Å²) in [7, 11) is 1.47. The maximum absolute atomic E-state index is 12.5. The summed E-state index contributed by atoms with van der Waals surface area (Å²) in [6.45, 7) is 0.00508. The minimum absolute atomic E-state index is 0.0537. The van der Waals surface area contributed by atoms with E-state index in [2.05, 4.69) is 0 Å². The first-order valence-corrected chi connectivity index (χ1v) is 25.8. The first-order valence-electron chi connectivity index (χ1n) is 25.8. The van der Waals surface area contributed by atoms with Crippen LogP contribution >= 0.6 is 0 Å². The molecule has 28 nitrogen and oxygen atoms in total. The summed E-state index contributed by atoms with van der Waals surface area (Å²) < 4.78 is 68.5. The maximum atomic E-state index is 12.5. The number of carboxylic acid groups (broad SMARTS) is 2. The summed E-state index contributed by atoms with van der Waals surface area (Å²) in [6, 6.07) is 0. The second-order valence-electron chi connectivity index (χ2n) is 20.9. The summed E-state index contributed by atoms with van der Waals surface area (Å²) in [6.07, 6.45) is -23.7. The fourth-order valence-corrected chi connectivity index (χ4v) is 11.4. The molecule has 26 atom stereocenters. The van der Waals surface area contributed by atoms with Crippen molar-refractivity contribution in [3.05, 3.63) is 0 Å². The van der Waals surface area contributed by atoms with Gasteiger partial charge in [-0.3, -0.25) is 4.79 Å². The van der Waals surface area contributed by atoms with Gasteiger partial charge in [-0.1, -0.05) is 6.92 Å². The maximum Gasteiger partial charge on any atom is 0.364 e. The highest BCUT2D eigenvalue weighted by molar-refractivity contribution is 5.75. The van der Waals surface area contributed by atoms with Gasteiger partial charge in [0.25, 0.3) is 5.79 Å². The van der Waals surface area contributed by atoms with Crippen molar-refractivity contribution in [2.75, 3.05) is 93.0 Å². The van der Waals surface area contributed by atoms with Gasteiger partial charge >= 0.3 is 17.9 Å². The fourth-order valence-electron chi connectivity index (χ4n) is 11.4. The molecule has 28 heteroatoms. The van der Waals surface area contributed by atoms with Crippen LogP contribution in [-0.2, 0) is 71.2 Å². The molecule has 5 saturated heterocycles. The number of aliphatic hydroxyl groups excluding tert-OH is 11. The van der Waals surface area contributed by atoms with E-state index in [1.165, 1.54) is 7.11 Å². The number of ether oxygens (including phenoxy) is 12. The Morgan fingerprint density at radius 2 is 1.03 bits per heavy atom. The first kappa shape index (κ1) is 62.7. The zero-order chi connectivity index (χ0) is 55.8. The lowest BCUT2D eigenvalue weighted by atomic mass is 9.66. The van der Waals surface area contributed by atoms with E-state index in [9.17, 15) is 80.8 Å². The van der Waals surface area contributed by atoms with Gasteiger partial charge in [0.2, 0.25) is 0 Å². The smallest absolute Gasteiger partial charge is 0.364 e. The Bertz CT molecular complexity index is 1810. The fraction of sp³-hybridized carbons (Fsp3) is 0.938. The van der Waals surface area contributed by atoms with Crippen LogP contribution in [0.25, 0.3) is 0 Å². The average molecular weight is 1110 g/mol. The highest BCUT2D eigenvalue weighted by atomic mass is 16.8. The molecule has 0 amide bonds. The molecule has 0 bridgehead atoms. The Kier molecular flexibility index (Phi) is 23.3. The Morgan fingerprint density at radius 1 is 0.526 bits per heavy atom. The van der Waals surface area contributed by atoms with Gasteiger partial charge in [0.1, 0.15) is 73.8 Å². The van der Waals surface area contributed by atoms with Crippen molar-refractivity contribution in [2.24, 2.45) is 41.4 Å². The molecule has 6 rings (SSSR count). The van der Waals surface area contributed by atoms with E-state index in [1.807, 2.05) is 0 Å². The van der Waals surface area contributed by atoms with Crippen molar-refractivity contribution in [2.45, 2.75) is 149 Å². The van der Waals surface area contributed by atoms with Crippen molar-refractivity contribution < 1.29 is 138 Å². The molecule has 0 radical (unpaired) electrons. The summed E-state index contributed by atoms with van der Waals surface area (Å²) in [4.78, 5) is 35.9. The number of aliphatic carboxylic acids is 2. The van der Waals surface area contributed by atoms with Crippen molar-refractivity contribution in [1.29, 1.82) is 0 Å². The van der Waals surface area contributed by atoms with Crippen molar-refractivity contribution in [3.63, 3.8) is 0 Å². The second kappa shape index (κ2) is 28.3. The molecule has 76 heavy (non-hydrogen) atoms. The molecule has 0 aromatic carbocycles. The lowest BCUT2D eigenvalue weighted by Gasteiger charge is -2.48. The van der Waals surface area contributed by atoms with Crippen LogP contribution in [0.3, 0.4) is 0 Å². The molecule has 5 aliphatic heterocycles. The highest BCUT2D eigenvalue weighted by Crippen LogP contribution is 2.41. The van der Waals surface area contributed by atoms with Crippen molar-refractivity contribution >= 4 is 17.9 Å². The molecule has 13 N–H and O–H groups in total. The number of carbonyl (C=O) groups is 3. The third-order valence-corrected chi connectivity index (χ3v) is 15.9. The summed E-state index contributed by atoms with van der Waals surface area (Å²) in [5, 5.41) is 140. The molecular formula is C48H80O28. The van der Waals surface area contributed by atoms with E-state index in [0.29, 0.717) is 12.8 Å². The van der Waals surface area contributed by atoms with Gasteiger partial charge < -0.3 is 123 Å². The van der Waals surface area contributed by atoms with Crippen LogP contribution < -0.4 is 0 Å². The summed E-state index contributed by atoms with van der Waals surface area (Å²) >= 11 is 0. The van der Waals surface area contributed by atoms with Crippen LogP contribution in [0.15, 0.2) is 0 Å². The number of fused-ring (bicyclic) bond motifs is 1. The lowest BCUT2D eigenvalue weighted by Crippen LogP contribution is -2.66. The van der Waals surface area contributed by atoms with E-state index in [4.69, 9.17) is 56.8 Å². The predicted molar refractivity (Wildman–Crippen MR) is 249 cm³/mol. The monoisotopic (exact) mass is 1100 g/mol. The van der Waals surface area contributed by atoms with Crippen LogP contribution in [-0.4, -0.2) is 293 Å². The topological polar surface area (TPSA) is 425 Å². The molecular weight excluding hydrogens is 1020 g/mol. The van der Waals surface area contributed by atoms with Crippen LogP contribution in [0.4, 0.5) is 0 Å². The Balaban J connectivity index is 1.07. The predicted octanol–water partition coefficient (Wildman–Crippen LogP) is -6.01. The zero-order valence-corrected chi connectivity index (χ0v) is 43.0. The number of hydrogen-bond donors (Lipinski definition) is 13. The van der Waals surface area contributed by atoms with E-state index in [1.54, 1.807) is 6.92 Å². The van der Waals surface area contributed by atoms with Crippen LogP contribution in [0.1, 0.15) is 33.6 Å². The number of esters is 1. The number of carboxylic acids is 2. The number of carbonyl (C=O) groups excluding carboxylic acids is 1. The average Bonchev–Trinajstić information content (AvgIpc) is 3.40.